The molecule has 0 spiro atoms. The molecule has 2 rings (SSSR count). The molecule has 16 heavy (non-hydrogen) atoms. The zero-order valence-electron chi connectivity index (χ0n) is 10.1. The lowest BCUT2D eigenvalue weighted by molar-refractivity contribution is 0.127. The van der Waals surface area contributed by atoms with Gasteiger partial charge in [0.05, 0.1) is 6.61 Å². The van der Waals surface area contributed by atoms with Crippen molar-refractivity contribution in [2.45, 2.75) is 26.8 Å². The van der Waals surface area contributed by atoms with Gasteiger partial charge in [0.15, 0.2) is 0 Å². The van der Waals surface area contributed by atoms with Gasteiger partial charge < -0.3 is 9.30 Å². The highest BCUT2D eigenvalue weighted by molar-refractivity contribution is 5.83. The normalized spacial score (nSPS) is 11.1. The summed E-state index contributed by atoms with van der Waals surface area (Å²) in [5, 5.41) is 1.35. The number of rotatable bonds is 5. The highest BCUT2D eigenvalue weighted by Crippen LogP contribution is 2.19. The summed E-state index contributed by atoms with van der Waals surface area (Å²) in [4.78, 5) is 0. The molecule has 0 amide bonds. The Hall–Kier alpha value is -1.28. The molecule has 2 nitrogen and oxygen atoms in total. The minimum absolute atomic E-state index is 0.797. The Morgan fingerprint density at radius 2 is 2.06 bits per heavy atom. The highest BCUT2D eigenvalue weighted by atomic mass is 16.5. The molecule has 2 heteroatoms. The van der Waals surface area contributed by atoms with Crippen LogP contribution in [0, 0.1) is 6.92 Å². The molecule has 0 N–H and O–H groups in total. The molecule has 1 heterocycles. The molecule has 0 unspecified atom stereocenters. The van der Waals surface area contributed by atoms with Crippen LogP contribution in [0.5, 0.6) is 0 Å². The average Bonchev–Trinajstić information content (AvgIpc) is 2.70. The monoisotopic (exact) mass is 217 g/mol. The SMILES string of the molecule is CCCOCCn1ccc2c(C)cccc21. The molecule has 1 aromatic heterocycles. The number of ether oxygens (including phenoxy) is 1. The van der Waals surface area contributed by atoms with Gasteiger partial charge in [0.2, 0.25) is 0 Å². The maximum Gasteiger partial charge on any atom is 0.0645 e. The molecule has 0 fully saturated rings. The maximum absolute atomic E-state index is 5.51. The van der Waals surface area contributed by atoms with Crippen LogP contribution < -0.4 is 0 Å². The predicted molar refractivity (Wildman–Crippen MR) is 67.8 cm³/mol. The van der Waals surface area contributed by atoms with E-state index < -0.39 is 0 Å². The van der Waals surface area contributed by atoms with E-state index in [1.165, 1.54) is 16.5 Å². The molecule has 0 aliphatic carbocycles. The molecule has 0 radical (unpaired) electrons. The smallest absolute Gasteiger partial charge is 0.0645 e. The first-order valence-corrected chi connectivity index (χ1v) is 5.95. The molecular weight excluding hydrogens is 198 g/mol. The van der Waals surface area contributed by atoms with E-state index in [1.807, 2.05) is 0 Å². The Morgan fingerprint density at radius 3 is 2.88 bits per heavy atom. The van der Waals surface area contributed by atoms with Crippen molar-refractivity contribution in [3.63, 3.8) is 0 Å². The van der Waals surface area contributed by atoms with Gasteiger partial charge in [0, 0.05) is 30.3 Å². The fourth-order valence-electron chi connectivity index (χ4n) is 1.98. The van der Waals surface area contributed by atoms with Crippen LogP contribution in [-0.4, -0.2) is 17.8 Å². The number of fused-ring (bicyclic) bond motifs is 1. The Balaban J connectivity index is 2.10. The fraction of sp³-hybridized carbons (Fsp3) is 0.429. The van der Waals surface area contributed by atoms with Crippen LogP contribution in [0.3, 0.4) is 0 Å². The minimum Gasteiger partial charge on any atom is -0.380 e. The van der Waals surface area contributed by atoms with Gasteiger partial charge in [-0.3, -0.25) is 0 Å². The van der Waals surface area contributed by atoms with Gasteiger partial charge in [-0.2, -0.15) is 0 Å². The topological polar surface area (TPSA) is 14.2 Å². The summed E-state index contributed by atoms with van der Waals surface area (Å²) in [6, 6.07) is 8.62. The van der Waals surface area contributed by atoms with Crippen molar-refractivity contribution in [2.75, 3.05) is 13.2 Å². The number of benzene rings is 1. The molecule has 86 valence electrons. The van der Waals surface area contributed by atoms with Crippen LogP contribution in [0.15, 0.2) is 30.5 Å². The van der Waals surface area contributed by atoms with Gasteiger partial charge in [-0.25, -0.2) is 0 Å². The quantitative estimate of drug-likeness (QED) is 0.700. The molecule has 0 atom stereocenters. The summed E-state index contributed by atoms with van der Waals surface area (Å²) in [6.07, 6.45) is 3.23. The molecule has 0 saturated heterocycles. The van der Waals surface area contributed by atoms with Gasteiger partial charge >= 0.3 is 0 Å². The second-order valence-electron chi connectivity index (χ2n) is 4.13. The van der Waals surface area contributed by atoms with Crippen molar-refractivity contribution in [1.82, 2.24) is 4.57 Å². The molecular formula is C14H19NO. The lowest BCUT2D eigenvalue weighted by Crippen LogP contribution is -2.05. The Kier molecular flexibility index (Phi) is 3.62. The van der Waals surface area contributed by atoms with E-state index in [0.29, 0.717) is 0 Å². The van der Waals surface area contributed by atoms with Crippen molar-refractivity contribution in [2.24, 2.45) is 0 Å². The van der Waals surface area contributed by atoms with Crippen LogP contribution in [0.1, 0.15) is 18.9 Å². The minimum atomic E-state index is 0.797. The van der Waals surface area contributed by atoms with Crippen LogP contribution in [0.4, 0.5) is 0 Å². The van der Waals surface area contributed by atoms with E-state index in [0.717, 1.165) is 26.2 Å². The highest BCUT2D eigenvalue weighted by Gasteiger charge is 2.01. The number of hydrogen-bond donors (Lipinski definition) is 0. The Morgan fingerprint density at radius 1 is 1.19 bits per heavy atom. The zero-order valence-corrected chi connectivity index (χ0v) is 10.1. The van der Waals surface area contributed by atoms with E-state index >= 15 is 0 Å². The average molecular weight is 217 g/mol. The van der Waals surface area contributed by atoms with E-state index in [9.17, 15) is 0 Å². The summed E-state index contributed by atoms with van der Waals surface area (Å²) >= 11 is 0. The molecule has 1 aromatic carbocycles. The number of aryl methyl sites for hydroxylation is 1. The van der Waals surface area contributed by atoms with E-state index in [2.05, 4.69) is 48.9 Å². The molecule has 2 aromatic rings. The summed E-state index contributed by atoms with van der Waals surface area (Å²) < 4.78 is 7.78. The van der Waals surface area contributed by atoms with Gasteiger partial charge in [-0.1, -0.05) is 19.1 Å². The molecule has 0 aliphatic rings. The van der Waals surface area contributed by atoms with Crippen molar-refractivity contribution in [1.29, 1.82) is 0 Å². The van der Waals surface area contributed by atoms with Crippen molar-refractivity contribution in [3.05, 3.63) is 36.0 Å². The van der Waals surface area contributed by atoms with E-state index in [4.69, 9.17) is 4.74 Å². The van der Waals surface area contributed by atoms with Crippen LogP contribution in [0.25, 0.3) is 10.9 Å². The van der Waals surface area contributed by atoms with E-state index in [1.54, 1.807) is 0 Å². The third-order valence-electron chi connectivity index (χ3n) is 2.86. The third kappa shape index (κ3) is 2.27. The summed E-state index contributed by atoms with van der Waals surface area (Å²) in [6.45, 7) is 6.88. The second-order valence-corrected chi connectivity index (χ2v) is 4.13. The Labute approximate surface area is 96.8 Å². The van der Waals surface area contributed by atoms with Crippen molar-refractivity contribution >= 4 is 10.9 Å². The summed E-state index contributed by atoms with van der Waals surface area (Å²) in [5.41, 5.74) is 2.64. The lowest BCUT2D eigenvalue weighted by atomic mass is 10.1. The van der Waals surface area contributed by atoms with Crippen molar-refractivity contribution in [3.8, 4) is 0 Å². The third-order valence-corrected chi connectivity index (χ3v) is 2.86. The number of nitrogens with zero attached hydrogens (tertiary/aromatic N) is 1. The second kappa shape index (κ2) is 5.17. The fourth-order valence-corrected chi connectivity index (χ4v) is 1.98. The molecule has 0 bridgehead atoms. The predicted octanol–water partition coefficient (Wildman–Crippen LogP) is 3.38. The first-order valence-electron chi connectivity index (χ1n) is 5.95. The first-order chi connectivity index (χ1) is 7.83. The van der Waals surface area contributed by atoms with Gasteiger partial charge in [-0.05, 0) is 31.0 Å². The number of hydrogen-bond acceptors (Lipinski definition) is 1. The van der Waals surface area contributed by atoms with E-state index in [-0.39, 0.29) is 0 Å². The lowest BCUT2D eigenvalue weighted by Gasteiger charge is -2.06. The van der Waals surface area contributed by atoms with Crippen LogP contribution in [0.2, 0.25) is 0 Å². The van der Waals surface area contributed by atoms with Gasteiger partial charge in [-0.15, -0.1) is 0 Å². The van der Waals surface area contributed by atoms with Gasteiger partial charge in [0.25, 0.3) is 0 Å². The summed E-state index contributed by atoms with van der Waals surface area (Å²) in [5.74, 6) is 0. The zero-order chi connectivity index (χ0) is 11.4. The molecule has 0 saturated carbocycles. The van der Waals surface area contributed by atoms with Crippen LogP contribution >= 0.6 is 0 Å². The standard InChI is InChI=1S/C14H19NO/c1-3-10-16-11-9-15-8-7-13-12(2)5-4-6-14(13)15/h4-8H,3,9-11H2,1-2H3. The van der Waals surface area contributed by atoms with Crippen molar-refractivity contribution < 1.29 is 4.74 Å². The first kappa shape index (κ1) is 11.2. The summed E-state index contributed by atoms with van der Waals surface area (Å²) in [7, 11) is 0. The van der Waals surface area contributed by atoms with Gasteiger partial charge in [0.1, 0.15) is 0 Å². The largest absolute Gasteiger partial charge is 0.380 e. The maximum atomic E-state index is 5.51. The Bertz CT molecular complexity index is 459. The number of aromatic nitrogens is 1. The molecule has 0 aliphatic heterocycles. The van der Waals surface area contributed by atoms with Crippen LogP contribution in [-0.2, 0) is 11.3 Å².